The highest BCUT2D eigenvalue weighted by Gasteiger charge is 2.52. The highest BCUT2D eigenvalue weighted by Crippen LogP contribution is 2.50. The van der Waals surface area contributed by atoms with E-state index in [1.807, 2.05) is 0 Å². The first-order valence-electron chi connectivity index (χ1n) is 11.0. The minimum Gasteiger partial charge on any atom is -0.459 e. The molecule has 3 heterocycles. The lowest BCUT2D eigenvalue weighted by molar-refractivity contribution is -0.161. The van der Waals surface area contributed by atoms with E-state index in [9.17, 15) is 4.79 Å². The zero-order valence-electron chi connectivity index (χ0n) is 17.9. The summed E-state index contributed by atoms with van der Waals surface area (Å²) in [6.45, 7) is 8.09. The third-order valence-corrected chi connectivity index (χ3v) is 7.27. The van der Waals surface area contributed by atoms with Gasteiger partial charge in [-0.25, -0.2) is 0 Å². The smallest absolute Gasteiger partial charge is 0.303 e. The Bertz CT molecular complexity index is 783. The number of piperidine rings is 3. The molecule has 3 nitrogen and oxygen atoms in total. The molecule has 0 aliphatic carbocycles. The Morgan fingerprint density at radius 3 is 1.90 bits per heavy atom. The van der Waals surface area contributed by atoms with E-state index < -0.39 is 11.0 Å². The monoisotopic (exact) mass is 391 g/mol. The van der Waals surface area contributed by atoms with Gasteiger partial charge < -0.3 is 9.64 Å². The maximum atomic E-state index is 12.2. The lowest BCUT2D eigenvalue weighted by Gasteiger charge is -2.53. The molecule has 0 saturated carbocycles. The van der Waals surface area contributed by atoms with Crippen LogP contribution in [0.1, 0.15) is 57.6 Å². The van der Waals surface area contributed by atoms with Gasteiger partial charge in [0.15, 0.2) is 0 Å². The zero-order chi connectivity index (χ0) is 20.5. The number of carbonyl (C=O) groups excluding carboxylic acids is 1. The third-order valence-electron chi connectivity index (χ3n) is 7.27. The number of fused-ring (bicyclic) bond motifs is 3. The van der Waals surface area contributed by atoms with E-state index in [0.29, 0.717) is 6.04 Å². The molecule has 29 heavy (non-hydrogen) atoms. The first-order valence-corrected chi connectivity index (χ1v) is 11.0. The predicted molar refractivity (Wildman–Crippen MR) is 117 cm³/mol. The fraction of sp³-hybridized carbons (Fsp3) is 0.500. The van der Waals surface area contributed by atoms with Gasteiger partial charge in [-0.1, -0.05) is 60.7 Å². The predicted octanol–water partition coefficient (Wildman–Crippen LogP) is 5.19. The summed E-state index contributed by atoms with van der Waals surface area (Å²) >= 11 is 0. The number of hydrogen-bond donors (Lipinski definition) is 0. The average molecular weight is 392 g/mol. The second kappa shape index (κ2) is 7.95. The Morgan fingerprint density at radius 2 is 1.48 bits per heavy atom. The van der Waals surface area contributed by atoms with Crippen molar-refractivity contribution in [2.24, 2.45) is 5.92 Å². The zero-order valence-corrected chi connectivity index (χ0v) is 17.9. The van der Waals surface area contributed by atoms with Crippen LogP contribution in [-0.2, 0) is 14.9 Å². The highest BCUT2D eigenvalue weighted by molar-refractivity contribution is 5.67. The minimum atomic E-state index is -0.681. The fourth-order valence-electron chi connectivity index (χ4n) is 5.89. The van der Waals surface area contributed by atoms with E-state index >= 15 is 0 Å². The van der Waals surface area contributed by atoms with Crippen LogP contribution in [0.5, 0.6) is 0 Å². The molecular weight excluding hydrogens is 358 g/mol. The van der Waals surface area contributed by atoms with Crippen molar-refractivity contribution in [2.75, 3.05) is 13.1 Å². The lowest BCUT2D eigenvalue weighted by Crippen LogP contribution is -2.57. The maximum absolute atomic E-state index is 12.2. The summed E-state index contributed by atoms with van der Waals surface area (Å²) in [5.74, 6) is 0.614. The van der Waals surface area contributed by atoms with Crippen molar-refractivity contribution in [1.29, 1.82) is 0 Å². The van der Waals surface area contributed by atoms with Crippen LogP contribution < -0.4 is 0 Å². The average Bonchev–Trinajstić information content (AvgIpc) is 2.73. The lowest BCUT2D eigenvalue weighted by atomic mass is 9.59. The topological polar surface area (TPSA) is 29.5 Å². The van der Waals surface area contributed by atoms with Crippen molar-refractivity contribution in [3.05, 3.63) is 71.8 Å². The van der Waals surface area contributed by atoms with Crippen LogP contribution in [0.2, 0.25) is 0 Å². The summed E-state index contributed by atoms with van der Waals surface area (Å²) in [5.41, 5.74) is 1.35. The molecule has 154 valence electrons. The van der Waals surface area contributed by atoms with Crippen molar-refractivity contribution in [3.63, 3.8) is 0 Å². The number of carbonyl (C=O) groups is 1. The first-order chi connectivity index (χ1) is 13.9. The first kappa shape index (κ1) is 20.2. The largest absolute Gasteiger partial charge is 0.459 e. The van der Waals surface area contributed by atoms with Gasteiger partial charge in [0.1, 0.15) is 5.60 Å². The molecule has 3 saturated heterocycles. The van der Waals surface area contributed by atoms with Gasteiger partial charge in [0.25, 0.3) is 0 Å². The van der Waals surface area contributed by atoms with Gasteiger partial charge in [0.2, 0.25) is 0 Å². The van der Waals surface area contributed by atoms with Gasteiger partial charge in [-0.3, -0.25) is 4.79 Å². The molecule has 0 N–H and O–H groups in total. The fourth-order valence-corrected chi connectivity index (χ4v) is 5.89. The molecule has 1 atom stereocenters. The molecule has 0 radical (unpaired) electrons. The van der Waals surface area contributed by atoms with E-state index in [-0.39, 0.29) is 5.97 Å². The second-order valence-corrected chi connectivity index (χ2v) is 9.31. The molecule has 0 aromatic heterocycles. The molecule has 1 unspecified atom stereocenters. The molecule has 2 aromatic carbocycles. The summed E-state index contributed by atoms with van der Waals surface area (Å²) in [4.78, 5) is 14.8. The van der Waals surface area contributed by atoms with Crippen LogP contribution in [-0.4, -0.2) is 35.6 Å². The maximum Gasteiger partial charge on any atom is 0.303 e. The van der Waals surface area contributed by atoms with Gasteiger partial charge in [0, 0.05) is 13.0 Å². The molecule has 0 amide bonds. The summed E-state index contributed by atoms with van der Waals surface area (Å²) < 4.78 is 6.08. The molecule has 2 aromatic rings. The Kier molecular flexibility index (Phi) is 5.52. The molecule has 5 rings (SSSR count). The van der Waals surface area contributed by atoms with Gasteiger partial charge in [-0.15, -0.1) is 0 Å². The Hall–Kier alpha value is -2.13. The van der Waals surface area contributed by atoms with Crippen molar-refractivity contribution in [3.8, 4) is 0 Å². The second-order valence-electron chi connectivity index (χ2n) is 9.31. The molecule has 3 heteroatoms. The number of rotatable bonds is 6. The number of nitrogens with zero attached hydrogens (tertiary/aromatic N) is 1. The van der Waals surface area contributed by atoms with Gasteiger partial charge in [0.05, 0.1) is 5.41 Å². The molecule has 0 spiro atoms. The summed E-state index contributed by atoms with van der Waals surface area (Å²) in [7, 11) is 0. The van der Waals surface area contributed by atoms with E-state index in [0.717, 1.165) is 12.3 Å². The van der Waals surface area contributed by atoms with Gasteiger partial charge in [-0.05, 0) is 69.7 Å². The van der Waals surface area contributed by atoms with Crippen molar-refractivity contribution in [2.45, 2.75) is 63.5 Å². The normalized spacial score (nSPS) is 24.3. The standard InChI is InChI=1S/C26H33NO2/c1-20(28)29-25(2,3)26(22-10-6-4-7-11-22,23-12-8-5-9-13-23)19-24-18-21-14-16-27(24)17-15-21/h4-13,21,24H,14-19H2,1-3H3. The van der Waals surface area contributed by atoms with Crippen LogP contribution in [0.15, 0.2) is 60.7 Å². The van der Waals surface area contributed by atoms with Crippen molar-refractivity contribution in [1.82, 2.24) is 4.90 Å². The molecule has 3 fully saturated rings. The van der Waals surface area contributed by atoms with Crippen molar-refractivity contribution < 1.29 is 9.53 Å². The van der Waals surface area contributed by atoms with Gasteiger partial charge >= 0.3 is 5.97 Å². The van der Waals surface area contributed by atoms with Crippen LogP contribution >= 0.6 is 0 Å². The summed E-state index contributed by atoms with van der Waals surface area (Å²) in [5, 5.41) is 0. The SMILES string of the molecule is CC(=O)OC(C)(C)C(CC1CC2CCN1CC2)(c1ccccc1)c1ccccc1. The number of hydrogen-bond acceptors (Lipinski definition) is 3. The Labute approximate surface area is 175 Å². The molecule has 3 aliphatic heterocycles. The number of ether oxygens (including phenoxy) is 1. The molecular formula is C26H33NO2. The number of benzene rings is 2. The van der Waals surface area contributed by atoms with Crippen LogP contribution in [0.4, 0.5) is 0 Å². The van der Waals surface area contributed by atoms with E-state index in [1.54, 1.807) is 0 Å². The molecule has 3 aliphatic rings. The Balaban J connectivity index is 1.87. The summed E-state index contributed by atoms with van der Waals surface area (Å²) in [6, 6.07) is 21.8. The van der Waals surface area contributed by atoms with E-state index in [2.05, 4.69) is 79.4 Å². The van der Waals surface area contributed by atoms with Gasteiger partial charge in [-0.2, -0.15) is 0 Å². The van der Waals surface area contributed by atoms with Crippen molar-refractivity contribution >= 4 is 5.97 Å². The third kappa shape index (κ3) is 3.73. The quantitative estimate of drug-likeness (QED) is 0.635. The van der Waals surface area contributed by atoms with Crippen LogP contribution in [0.3, 0.4) is 0 Å². The highest BCUT2D eigenvalue weighted by atomic mass is 16.6. The van der Waals surface area contributed by atoms with Crippen LogP contribution in [0.25, 0.3) is 0 Å². The summed E-state index contributed by atoms with van der Waals surface area (Å²) in [6.07, 6.45) is 4.86. The van der Waals surface area contributed by atoms with Crippen LogP contribution in [0, 0.1) is 5.92 Å². The molecule has 2 bridgehead atoms. The van der Waals surface area contributed by atoms with E-state index in [1.165, 1.54) is 50.4 Å². The number of esters is 1. The Morgan fingerprint density at radius 1 is 0.966 bits per heavy atom. The van der Waals surface area contributed by atoms with E-state index in [4.69, 9.17) is 4.74 Å². The minimum absolute atomic E-state index is 0.225.